The lowest BCUT2D eigenvalue weighted by Crippen LogP contribution is -2.62. The maximum absolute atomic E-state index is 15.6. The summed E-state index contributed by atoms with van der Waals surface area (Å²) in [6, 6.07) is 4.08. The van der Waals surface area contributed by atoms with E-state index in [1.54, 1.807) is 82.3 Å². The van der Waals surface area contributed by atoms with E-state index in [1.165, 1.54) is 51.5 Å². The van der Waals surface area contributed by atoms with Gasteiger partial charge in [-0.05, 0) is 155 Å². The number of nitrogens with two attached hydrogens (primary N) is 6. The number of amides is 17. The molecule has 16 atom stereocenters. The fraction of sp³-hybridized carbons (Fsp3) is 0.520. The molecule has 0 bridgehead atoms. The normalized spacial score (nSPS) is 23.7. The summed E-state index contributed by atoms with van der Waals surface area (Å²) in [7, 11) is 1.19. The van der Waals surface area contributed by atoms with E-state index in [4.69, 9.17) is 34.4 Å². The number of thioether (sulfide) groups is 1. The highest BCUT2D eigenvalue weighted by atomic mass is 32.2. The number of carbonyl (C=O) groups is 18. The molecule has 1 aliphatic carbocycles. The molecule has 2 aliphatic rings. The van der Waals surface area contributed by atoms with Gasteiger partial charge in [0.1, 0.15) is 90.6 Å². The molecule has 2 heterocycles. The van der Waals surface area contributed by atoms with Crippen LogP contribution in [0.4, 0.5) is 13.2 Å². The van der Waals surface area contributed by atoms with Crippen LogP contribution >= 0.6 is 11.8 Å². The van der Waals surface area contributed by atoms with E-state index in [-0.39, 0.29) is 94.0 Å². The Bertz CT molecular complexity index is 5150. The molecule has 5 aromatic rings. The zero-order valence-electron chi connectivity index (χ0n) is 81.3. The van der Waals surface area contributed by atoms with Crippen LogP contribution in [0.1, 0.15) is 166 Å². The summed E-state index contributed by atoms with van der Waals surface area (Å²) in [6.45, 7) is 8.81. The van der Waals surface area contributed by atoms with Gasteiger partial charge in [-0.25, -0.2) is 0 Å². The van der Waals surface area contributed by atoms with Crippen molar-refractivity contribution in [3.63, 3.8) is 0 Å². The number of nitrogens with zero attached hydrogens (tertiary/aromatic N) is 2. The number of rotatable bonds is 31. The van der Waals surface area contributed by atoms with E-state index in [9.17, 15) is 71.0 Å². The minimum absolute atomic E-state index is 0.0344. The van der Waals surface area contributed by atoms with Crippen LogP contribution in [0.15, 0.2) is 134 Å². The summed E-state index contributed by atoms with van der Waals surface area (Å²) in [5.41, 5.74) is 36.8. The van der Waals surface area contributed by atoms with Gasteiger partial charge in [0.2, 0.25) is 100 Å². The van der Waals surface area contributed by atoms with E-state index < -0.39 is 271 Å². The number of primary amides is 2. The highest BCUT2D eigenvalue weighted by molar-refractivity contribution is 8.00. The van der Waals surface area contributed by atoms with E-state index in [0.29, 0.717) is 41.8 Å². The number of pyridine rings is 1. The van der Waals surface area contributed by atoms with Crippen molar-refractivity contribution in [2.24, 2.45) is 52.2 Å². The SMILES string of the molecule is CC(C)C[C@H]1NC(=O)[C@H](C)N(C)C(=O)C(CCC(N)=O)NC(=O)C(Cc2ccc(-c3ccccc3)cc2)NC(=O)[C@H](CCc2ccccc2)NC(=O)[C@H](Cc2cccc(C(F)(F)F)c2)NC(=O)[C@H](CC(=O)O)NC(=O)[C@H](Cc2cccnc2)NC(=O)C([C@@H](C)N)NC(=O)CSC[C@@H](C(=O)N[C@@H](CCN)C(N)=O)NC(=O)C(CCCN)NC(=O)C(C(C)C)NC(=O)C(CC2CCCCC2)NC(=O)[C@H](CCN)NC1=O. The molecule has 6 unspecified atom stereocenters. The minimum Gasteiger partial charge on any atom is -0.481 e. The highest BCUT2D eigenvalue weighted by Gasteiger charge is 2.42. The smallest absolute Gasteiger partial charge is 0.416 e. The minimum atomic E-state index is -4.99. The zero-order valence-corrected chi connectivity index (χ0v) is 82.2. The third-order valence-corrected chi connectivity index (χ3v) is 25.4. The first kappa shape index (κ1) is 116. The molecule has 17 amide bonds. The third-order valence-electron chi connectivity index (χ3n) is 24.4. The van der Waals surface area contributed by atoms with Crippen molar-refractivity contribution >= 4 is 118 Å². The predicted molar refractivity (Wildman–Crippen MR) is 525 cm³/mol. The van der Waals surface area contributed by atoms with Crippen molar-refractivity contribution in [3.8, 4) is 11.1 Å². The molecule has 1 aliphatic heterocycles. The Hall–Kier alpha value is -13.5. The molecule has 7 rings (SSSR count). The number of hydrogen-bond acceptors (Lipinski definition) is 24. The molecular formula is C98H137F3N22O19S. The van der Waals surface area contributed by atoms with E-state index >= 15 is 33.6 Å². The number of aliphatic carboxylic acids is 1. The summed E-state index contributed by atoms with van der Waals surface area (Å²) >= 11 is 0.694. The van der Waals surface area contributed by atoms with Gasteiger partial charge in [0.25, 0.3) is 0 Å². The van der Waals surface area contributed by atoms with Gasteiger partial charge in [0.15, 0.2) is 0 Å². The van der Waals surface area contributed by atoms with E-state index in [0.717, 1.165) is 47.4 Å². The van der Waals surface area contributed by atoms with Crippen LogP contribution in [0.3, 0.4) is 0 Å². The summed E-state index contributed by atoms with van der Waals surface area (Å²) in [5.74, 6) is -22.2. The summed E-state index contributed by atoms with van der Waals surface area (Å²) in [4.78, 5) is 268. The average Bonchev–Trinajstić information content (AvgIpc) is 0.835. The molecule has 45 heteroatoms. The molecule has 1 saturated heterocycles. The molecule has 1 aromatic heterocycles. The number of benzene rings is 4. The number of carbonyl (C=O) groups excluding carboxylic acids is 17. The van der Waals surface area contributed by atoms with Gasteiger partial charge in [-0.2, -0.15) is 13.2 Å². The number of hydrogen-bond donors (Lipinski definition) is 21. The van der Waals surface area contributed by atoms with Crippen LogP contribution < -0.4 is 109 Å². The van der Waals surface area contributed by atoms with Gasteiger partial charge in [-0.1, -0.05) is 169 Å². The Morgan fingerprint density at radius 3 is 1.56 bits per heavy atom. The molecule has 780 valence electrons. The Kier molecular flexibility index (Phi) is 47.3. The van der Waals surface area contributed by atoms with E-state index in [1.807, 2.05) is 30.3 Å². The molecule has 27 N–H and O–H groups in total. The second-order valence-corrected chi connectivity index (χ2v) is 37.8. The summed E-state index contributed by atoms with van der Waals surface area (Å²) in [6.07, 6.45) is -3.67. The second-order valence-electron chi connectivity index (χ2n) is 36.7. The molecule has 4 aromatic carbocycles. The van der Waals surface area contributed by atoms with Gasteiger partial charge in [0, 0.05) is 56.9 Å². The lowest BCUT2D eigenvalue weighted by atomic mass is 9.84. The fourth-order valence-corrected chi connectivity index (χ4v) is 17.1. The number of halogens is 3. The van der Waals surface area contributed by atoms with Crippen molar-refractivity contribution in [1.29, 1.82) is 0 Å². The van der Waals surface area contributed by atoms with Crippen molar-refractivity contribution in [3.05, 3.63) is 162 Å². The molecule has 0 spiro atoms. The number of aryl methyl sites for hydroxylation is 1. The first-order chi connectivity index (χ1) is 67.9. The average molecular weight is 2020 g/mol. The van der Waals surface area contributed by atoms with Crippen LogP contribution in [-0.4, -0.2) is 256 Å². The van der Waals surface area contributed by atoms with Crippen molar-refractivity contribution in [1.82, 2.24) is 84.3 Å². The standard InChI is InChI=1S/C98H137F3N22O19S/c1-54(2)44-71-88(133)111-69(39-42-104)87(132)116-73(46-59-22-13-9-14-23-59)93(138)122-81(55(3)4)95(140)112-67(29-18-40-102)85(130)120-77(94(139)109-66(38-41-103)83(107)128)52-143-53-79(125)121-82(56(5)105)96(141)119-75(49-62-25-19-43-108-51-62)91(136)118-76(50-80(126)127)92(137)117-74(48-61-24-17-28-65(45-61)98(99,100)101)89(134)110-68(35-32-58-20-11-8-12-21-58)86(131)115-72(47-60-30-33-64(34-31-60)63-26-15-10-16-27-63)90(135)113-70(36-37-78(106)124)97(142)123(7)57(6)84(129)114-71/h8,10-12,15-17,19-21,24-28,30-31,33-34,43,45,51,54-57,59,66-77,81-82H,9,13-14,18,22-23,29,32,35-42,44,46-50,52-53,102-105H2,1-7H3,(H2,106,124)(H2,107,128)(H,109,139)(H,110,134)(H,111,133)(H,112,140)(H,113,135)(H,114,129)(H,115,131)(H,116,132)(H,117,137)(H,118,136)(H,119,141)(H,120,130)(H,121,125)(H,122,138)(H,126,127)/t56-,57+,66+,67?,68+,69+,70?,71-,72?,73?,74+,75+,76+,77+,81?,82?/m1/s1. The third kappa shape index (κ3) is 38.7. The second kappa shape index (κ2) is 58.1. The lowest BCUT2D eigenvalue weighted by Gasteiger charge is -2.32. The Balaban J connectivity index is 1.36. The van der Waals surface area contributed by atoms with Crippen molar-refractivity contribution in [2.75, 3.05) is 38.2 Å². The number of alkyl halides is 3. The molecule has 1 saturated carbocycles. The molecule has 41 nitrogen and oxygen atoms in total. The maximum atomic E-state index is 15.6. The van der Waals surface area contributed by atoms with Crippen LogP contribution in [0.5, 0.6) is 0 Å². The van der Waals surface area contributed by atoms with E-state index in [2.05, 4.69) is 79.4 Å². The van der Waals surface area contributed by atoms with Crippen molar-refractivity contribution < 1.29 is 105 Å². The first-order valence-electron chi connectivity index (χ1n) is 47.8. The predicted octanol–water partition coefficient (Wildman–Crippen LogP) is -0.509. The summed E-state index contributed by atoms with van der Waals surface area (Å²) in [5, 5.41) is 46.6. The van der Waals surface area contributed by atoms with Gasteiger partial charge >= 0.3 is 12.1 Å². The Morgan fingerprint density at radius 2 is 1.00 bits per heavy atom. The number of carboxylic acids is 1. The number of likely N-dealkylation sites (N-methyl/N-ethyl adjacent to an activating group) is 1. The highest BCUT2D eigenvalue weighted by Crippen LogP contribution is 2.31. The monoisotopic (exact) mass is 2020 g/mol. The Labute approximate surface area is 832 Å². The number of nitrogens with one attached hydrogen (secondary N) is 14. The van der Waals surface area contributed by atoms with Crippen LogP contribution in [-0.2, 0) is 118 Å². The van der Waals surface area contributed by atoms with Crippen molar-refractivity contribution in [2.45, 2.75) is 266 Å². The lowest BCUT2D eigenvalue weighted by molar-refractivity contribution is -0.143. The molecule has 2 fully saturated rings. The maximum Gasteiger partial charge on any atom is 0.416 e. The summed E-state index contributed by atoms with van der Waals surface area (Å²) < 4.78 is 43.8. The van der Waals surface area contributed by atoms with Gasteiger partial charge < -0.3 is 119 Å². The number of carboxylic acid groups (broad SMARTS) is 1. The fourth-order valence-electron chi connectivity index (χ4n) is 16.3. The Morgan fingerprint density at radius 1 is 0.503 bits per heavy atom. The quantitative estimate of drug-likeness (QED) is 0.0266. The number of aromatic nitrogens is 1. The largest absolute Gasteiger partial charge is 0.481 e. The van der Waals surface area contributed by atoms with Gasteiger partial charge in [-0.3, -0.25) is 91.3 Å². The topological polar surface area (TPSA) is 668 Å². The molecule has 143 heavy (non-hydrogen) atoms. The van der Waals surface area contributed by atoms with Gasteiger partial charge in [0.05, 0.1) is 17.7 Å². The molecular weight excluding hydrogens is 1880 g/mol. The first-order valence-corrected chi connectivity index (χ1v) is 49.0. The van der Waals surface area contributed by atoms with Crippen LogP contribution in [0.2, 0.25) is 0 Å². The zero-order chi connectivity index (χ0) is 105. The molecule has 0 radical (unpaired) electrons. The van der Waals surface area contributed by atoms with Crippen LogP contribution in [0.25, 0.3) is 11.1 Å². The van der Waals surface area contributed by atoms with Crippen LogP contribution in [0, 0.1) is 17.8 Å². The van der Waals surface area contributed by atoms with Gasteiger partial charge in [-0.15, -0.1) is 11.8 Å².